The third-order valence-corrected chi connectivity index (χ3v) is 3.23. The summed E-state index contributed by atoms with van der Waals surface area (Å²) in [5.41, 5.74) is 0.986. The second kappa shape index (κ2) is 6.22. The third kappa shape index (κ3) is 3.37. The molecule has 0 aliphatic rings. The van der Waals surface area contributed by atoms with Crippen molar-refractivity contribution in [3.63, 3.8) is 0 Å². The summed E-state index contributed by atoms with van der Waals surface area (Å²) < 4.78 is 32.1. The predicted octanol–water partition coefficient (Wildman–Crippen LogP) is 4.94. The second-order valence-corrected chi connectivity index (χ2v) is 4.56. The SMILES string of the molecule is Fc1ccc(Cl)c(COc2c(F)cccc2CCl)c1. The van der Waals surface area contributed by atoms with E-state index in [-0.39, 0.29) is 18.2 Å². The average Bonchev–Trinajstić information content (AvgIpc) is 2.40. The van der Waals surface area contributed by atoms with E-state index in [1.165, 1.54) is 24.3 Å². The first-order valence-corrected chi connectivity index (χ1v) is 6.43. The molecule has 0 bridgehead atoms. The Morgan fingerprint density at radius 2 is 1.84 bits per heavy atom. The maximum Gasteiger partial charge on any atom is 0.165 e. The summed E-state index contributed by atoms with van der Waals surface area (Å²) in [5.74, 6) is -0.734. The van der Waals surface area contributed by atoms with E-state index < -0.39 is 11.6 Å². The maximum atomic E-state index is 13.6. The first-order chi connectivity index (χ1) is 9.11. The van der Waals surface area contributed by atoms with Gasteiger partial charge in [0.2, 0.25) is 0 Å². The van der Waals surface area contributed by atoms with E-state index in [0.29, 0.717) is 16.1 Å². The highest BCUT2D eigenvalue weighted by molar-refractivity contribution is 6.31. The molecule has 0 fully saturated rings. The van der Waals surface area contributed by atoms with E-state index >= 15 is 0 Å². The van der Waals surface area contributed by atoms with Gasteiger partial charge in [-0.25, -0.2) is 8.78 Å². The first kappa shape index (κ1) is 14.1. The average molecular weight is 303 g/mol. The standard InChI is InChI=1S/C14H10Cl2F2O/c15-7-9-2-1-3-13(18)14(9)19-8-10-6-11(17)4-5-12(10)16/h1-6H,7-8H2. The molecule has 100 valence electrons. The molecule has 0 radical (unpaired) electrons. The van der Waals surface area contributed by atoms with E-state index in [2.05, 4.69) is 0 Å². The molecule has 0 saturated carbocycles. The lowest BCUT2D eigenvalue weighted by Crippen LogP contribution is -2.01. The lowest BCUT2D eigenvalue weighted by atomic mass is 10.2. The van der Waals surface area contributed by atoms with Crippen LogP contribution in [0.2, 0.25) is 5.02 Å². The van der Waals surface area contributed by atoms with Crippen LogP contribution < -0.4 is 4.74 Å². The van der Waals surface area contributed by atoms with Crippen LogP contribution in [0.15, 0.2) is 36.4 Å². The molecule has 2 rings (SSSR count). The summed E-state index contributed by atoms with van der Waals surface area (Å²) in [6.45, 7) is -0.0264. The Kier molecular flexibility index (Phi) is 4.61. The highest BCUT2D eigenvalue weighted by atomic mass is 35.5. The zero-order valence-corrected chi connectivity index (χ0v) is 11.3. The number of hydrogen-bond acceptors (Lipinski definition) is 1. The van der Waals surface area contributed by atoms with Crippen molar-refractivity contribution in [1.29, 1.82) is 0 Å². The number of ether oxygens (including phenoxy) is 1. The molecule has 0 spiro atoms. The lowest BCUT2D eigenvalue weighted by Gasteiger charge is -2.11. The van der Waals surface area contributed by atoms with Crippen molar-refractivity contribution < 1.29 is 13.5 Å². The molecule has 0 atom stereocenters. The summed E-state index contributed by atoms with van der Waals surface area (Å²) >= 11 is 11.6. The Morgan fingerprint density at radius 3 is 2.58 bits per heavy atom. The van der Waals surface area contributed by atoms with Gasteiger partial charge in [0.1, 0.15) is 12.4 Å². The molecule has 0 aliphatic heterocycles. The molecular formula is C14H10Cl2F2O. The van der Waals surface area contributed by atoms with Gasteiger partial charge in [0.15, 0.2) is 11.6 Å². The smallest absolute Gasteiger partial charge is 0.165 e. The van der Waals surface area contributed by atoms with Crippen molar-refractivity contribution in [3.05, 3.63) is 64.2 Å². The molecule has 0 heterocycles. The van der Waals surface area contributed by atoms with Crippen LogP contribution in [0.1, 0.15) is 11.1 Å². The van der Waals surface area contributed by atoms with E-state index in [4.69, 9.17) is 27.9 Å². The largest absolute Gasteiger partial charge is 0.485 e. The fourth-order valence-corrected chi connectivity index (χ4v) is 2.01. The zero-order chi connectivity index (χ0) is 13.8. The molecule has 0 aliphatic carbocycles. The van der Waals surface area contributed by atoms with Gasteiger partial charge < -0.3 is 4.74 Å². The molecule has 2 aromatic rings. The summed E-state index contributed by atoms with van der Waals surface area (Å²) in [4.78, 5) is 0. The Labute approximate surface area is 119 Å². The molecule has 0 aromatic heterocycles. The van der Waals surface area contributed by atoms with Gasteiger partial charge in [-0.3, -0.25) is 0 Å². The van der Waals surface area contributed by atoms with Gasteiger partial charge in [0, 0.05) is 16.1 Å². The Bertz CT molecular complexity index is 588. The normalized spacial score (nSPS) is 10.5. The Hall–Kier alpha value is -1.32. The van der Waals surface area contributed by atoms with Crippen LogP contribution in [0.25, 0.3) is 0 Å². The minimum atomic E-state index is -0.509. The molecule has 0 saturated heterocycles. The number of hydrogen-bond donors (Lipinski definition) is 0. The van der Waals surface area contributed by atoms with Crippen LogP contribution in [0, 0.1) is 11.6 Å². The maximum absolute atomic E-state index is 13.6. The topological polar surface area (TPSA) is 9.23 Å². The Balaban J connectivity index is 2.21. The van der Waals surface area contributed by atoms with E-state index in [9.17, 15) is 8.78 Å². The third-order valence-electron chi connectivity index (χ3n) is 2.57. The van der Waals surface area contributed by atoms with Crippen LogP contribution in [-0.2, 0) is 12.5 Å². The quantitative estimate of drug-likeness (QED) is 0.727. The van der Waals surface area contributed by atoms with Crippen LogP contribution in [0.4, 0.5) is 8.78 Å². The monoisotopic (exact) mass is 302 g/mol. The van der Waals surface area contributed by atoms with E-state index in [1.54, 1.807) is 12.1 Å². The minimum absolute atomic E-state index is 0.0264. The van der Waals surface area contributed by atoms with Crippen molar-refractivity contribution in [2.24, 2.45) is 0 Å². The van der Waals surface area contributed by atoms with Gasteiger partial charge in [-0.2, -0.15) is 0 Å². The summed E-state index contributed by atoms with van der Waals surface area (Å²) in [7, 11) is 0. The molecule has 19 heavy (non-hydrogen) atoms. The van der Waals surface area contributed by atoms with Crippen LogP contribution in [0.3, 0.4) is 0 Å². The van der Waals surface area contributed by atoms with Crippen LogP contribution >= 0.6 is 23.2 Å². The molecule has 0 N–H and O–H groups in total. The summed E-state index contributed by atoms with van der Waals surface area (Å²) in [6, 6.07) is 8.42. The number of rotatable bonds is 4. The van der Waals surface area contributed by atoms with Gasteiger partial charge >= 0.3 is 0 Å². The molecule has 2 aromatic carbocycles. The van der Waals surface area contributed by atoms with Crippen molar-refractivity contribution in [1.82, 2.24) is 0 Å². The zero-order valence-electron chi connectivity index (χ0n) is 9.80. The minimum Gasteiger partial charge on any atom is -0.485 e. The Morgan fingerprint density at radius 1 is 1.05 bits per heavy atom. The second-order valence-electron chi connectivity index (χ2n) is 3.89. The van der Waals surface area contributed by atoms with Gasteiger partial charge in [-0.1, -0.05) is 23.7 Å². The van der Waals surface area contributed by atoms with Crippen molar-refractivity contribution in [2.45, 2.75) is 12.5 Å². The highest BCUT2D eigenvalue weighted by Gasteiger charge is 2.10. The number of benzene rings is 2. The van der Waals surface area contributed by atoms with Crippen molar-refractivity contribution in [3.8, 4) is 5.75 Å². The van der Waals surface area contributed by atoms with E-state index in [0.717, 1.165) is 0 Å². The molecule has 1 nitrogen and oxygen atoms in total. The summed E-state index contributed by atoms with van der Waals surface area (Å²) in [5, 5.41) is 0.366. The summed E-state index contributed by atoms with van der Waals surface area (Å²) in [6.07, 6.45) is 0. The van der Waals surface area contributed by atoms with Gasteiger partial charge in [0.25, 0.3) is 0 Å². The number of para-hydroxylation sites is 1. The van der Waals surface area contributed by atoms with Crippen molar-refractivity contribution >= 4 is 23.2 Å². The lowest BCUT2D eigenvalue weighted by molar-refractivity contribution is 0.287. The first-order valence-electron chi connectivity index (χ1n) is 5.52. The van der Waals surface area contributed by atoms with Crippen molar-refractivity contribution in [2.75, 3.05) is 0 Å². The van der Waals surface area contributed by atoms with E-state index in [1.807, 2.05) is 0 Å². The van der Waals surface area contributed by atoms with Gasteiger partial charge in [-0.05, 0) is 24.3 Å². The predicted molar refractivity (Wildman–Crippen MR) is 71.7 cm³/mol. The van der Waals surface area contributed by atoms with Gasteiger partial charge in [0.05, 0.1) is 5.88 Å². The number of halogens is 4. The fraction of sp³-hybridized carbons (Fsp3) is 0.143. The molecular weight excluding hydrogens is 293 g/mol. The number of alkyl halides is 1. The molecule has 5 heteroatoms. The molecule has 0 unspecified atom stereocenters. The van der Waals surface area contributed by atoms with Gasteiger partial charge in [-0.15, -0.1) is 11.6 Å². The fourth-order valence-electron chi connectivity index (χ4n) is 1.62. The van der Waals surface area contributed by atoms with Crippen LogP contribution in [-0.4, -0.2) is 0 Å². The molecule has 0 amide bonds. The highest BCUT2D eigenvalue weighted by Crippen LogP contribution is 2.26. The van der Waals surface area contributed by atoms with Crippen LogP contribution in [0.5, 0.6) is 5.75 Å².